The summed E-state index contributed by atoms with van der Waals surface area (Å²) in [7, 11) is 0. The number of thiophene rings is 1. The minimum atomic E-state index is -0.539. The molecule has 4 aromatic rings. The van der Waals surface area contributed by atoms with Crippen LogP contribution in [0.1, 0.15) is 26.8 Å². The number of carbonyl (C=O) groups excluding carboxylic acids is 1. The first-order valence-corrected chi connectivity index (χ1v) is 9.77. The Bertz CT molecular complexity index is 1180. The molecule has 1 atom stereocenters. The monoisotopic (exact) mass is 422 g/mol. The van der Waals surface area contributed by atoms with Gasteiger partial charge in [0.05, 0.1) is 17.3 Å². The summed E-state index contributed by atoms with van der Waals surface area (Å²) in [5, 5.41) is 16.3. The van der Waals surface area contributed by atoms with E-state index in [1.54, 1.807) is 18.3 Å². The van der Waals surface area contributed by atoms with E-state index < -0.39 is 16.9 Å². The van der Waals surface area contributed by atoms with Crippen LogP contribution in [0.3, 0.4) is 0 Å². The molecular formula is C21H15FN4O3S. The third-order valence-corrected chi connectivity index (χ3v) is 5.46. The first-order valence-electron chi connectivity index (χ1n) is 8.89. The fraction of sp³-hybridized carbons (Fsp3) is 0.0476. The van der Waals surface area contributed by atoms with E-state index in [1.807, 2.05) is 17.5 Å². The van der Waals surface area contributed by atoms with Crippen LogP contribution in [0.25, 0.3) is 5.69 Å². The number of nitrogens with zero attached hydrogens (tertiary/aromatic N) is 3. The van der Waals surface area contributed by atoms with E-state index >= 15 is 0 Å². The van der Waals surface area contributed by atoms with Crippen molar-refractivity contribution in [1.29, 1.82) is 0 Å². The van der Waals surface area contributed by atoms with Crippen LogP contribution < -0.4 is 5.32 Å². The number of imidazole rings is 1. The lowest BCUT2D eigenvalue weighted by Gasteiger charge is -2.18. The average molecular weight is 422 g/mol. The van der Waals surface area contributed by atoms with Crippen LogP contribution in [-0.4, -0.2) is 20.4 Å². The number of halogens is 1. The maximum Gasteiger partial charge on any atom is 0.294 e. The second-order valence-electron chi connectivity index (χ2n) is 6.40. The lowest BCUT2D eigenvalue weighted by Crippen LogP contribution is -2.29. The first-order chi connectivity index (χ1) is 14.5. The molecule has 2 aromatic heterocycles. The molecule has 0 spiro atoms. The van der Waals surface area contributed by atoms with Gasteiger partial charge in [-0.3, -0.25) is 14.9 Å². The zero-order chi connectivity index (χ0) is 21.1. The largest absolute Gasteiger partial charge is 0.340 e. The summed E-state index contributed by atoms with van der Waals surface area (Å²) < 4.78 is 14.8. The Morgan fingerprint density at radius 1 is 1.20 bits per heavy atom. The SMILES string of the molecule is O=C(NC(c1ccc(F)cc1)c1cccs1)c1ccc(-n2ccnc2)c([N+](=O)[O-])c1. The summed E-state index contributed by atoms with van der Waals surface area (Å²) in [6.07, 6.45) is 4.55. The van der Waals surface area contributed by atoms with Gasteiger partial charge in [0.25, 0.3) is 11.6 Å². The second kappa shape index (κ2) is 8.26. The summed E-state index contributed by atoms with van der Waals surface area (Å²) in [6.45, 7) is 0. The molecule has 0 fully saturated rings. The Labute approximate surface area is 174 Å². The minimum absolute atomic E-state index is 0.147. The fourth-order valence-corrected chi connectivity index (χ4v) is 3.88. The quantitative estimate of drug-likeness (QED) is 0.366. The number of hydrogen-bond acceptors (Lipinski definition) is 5. The molecule has 0 aliphatic rings. The number of nitro benzene ring substituents is 1. The zero-order valence-corrected chi connectivity index (χ0v) is 16.3. The normalized spacial score (nSPS) is 11.8. The Morgan fingerprint density at radius 2 is 2.00 bits per heavy atom. The van der Waals surface area contributed by atoms with Gasteiger partial charge in [-0.15, -0.1) is 11.3 Å². The van der Waals surface area contributed by atoms with Crippen molar-refractivity contribution in [2.45, 2.75) is 6.04 Å². The van der Waals surface area contributed by atoms with Crippen LogP contribution in [0.5, 0.6) is 0 Å². The topological polar surface area (TPSA) is 90.1 Å². The van der Waals surface area contributed by atoms with Crippen LogP contribution >= 0.6 is 11.3 Å². The molecule has 9 heteroatoms. The molecule has 2 heterocycles. The van der Waals surface area contributed by atoms with Crippen molar-refractivity contribution >= 4 is 22.9 Å². The van der Waals surface area contributed by atoms with Gasteiger partial charge in [-0.2, -0.15) is 0 Å². The molecule has 1 N–H and O–H groups in total. The van der Waals surface area contributed by atoms with E-state index in [9.17, 15) is 19.3 Å². The van der Waals surface area contributed by atoms with Crippen LogP contribution in [0, 0.1) is 15.9 Å². The Hall–Kier alpha value is -3.85. The zero-order valence-electron chi connectivity index (χ0n) is 15.4. The Kier molecular flexibility index (Phi) is 5.36. The van der Waals surface area contributed by atoms with Gasteiger partial charge in [0.1, 0.15) is 11.5 Å². The summed E-state index contributed by atoms with van der Waals surface area (Å²) >= 11 is 1.45. The van der Waals surface area contributed by atoms with Gasteiger partial charge in [-0.05, 0) is 41.3 Å². The number of hydrogen-bond donors (Lipinski definition) is 1. The molecule has 0 saturated carbocycles. The van der Waals surface area contributed by atoms with Gasteiger partial charge in [0.15, 0.2) is 0 Å². The lowest BCUT2D eigenvalue weighted by molar-refractivity contribution is -0.384. The van der Waals surface area contributed by atoms with E-state index in [-0.39, 0.29) is 17.1 Å². The van der Waals surface area contributed by atoms with Crippen LogP contribution in [-0.2, 0) is 0 Å². The lowest BCUT2D eigenvalue weighted by atomic mass is 10.0. The smallest absolute Gasteiger partial charge is 0.294 e. The van der Waals surface area contributed by atoms with Gasteiger partial charge in [-0.1, -0.05) is 18.2 Å². The number of carbonyl (C=O) groups is 1. The van der Waals surface area contributed by atoms with Crippen molar-refractivity contribution in [2.24, 2.45) is 0 Å². The highest BCUT2D eigenvalue weighted by Gasteiger charge is 2.22. The van der Waals surface area contributed by atoms with Crippen LogP contribution in [0.15, 0.2) is 78.7 Å². The van der Waals surface area contributed by atoms with E-state index in [0.29, 0.717) is 11.3 Å². The predicted molar refractivity (Wildman–Crippen MR) is 110 cm³/mol. The number of benzene rings is 2. The number of rotatable bonds is 6. The molecule has 0 saturated heterocycles. The van der Waals surface area contributed by atoms with Crippen molar-refractivity contribution in [3.05, 3.63) is 111 Å². The van der Waals surface area contributed by atoms with Gasteiger partial charge < -0.3 is 9.88 Å². The van der Waals surface area contributed by atoms with E-state index in [4.69, 9.17) is 0 Å². The van der Waals surface area contributed by atoms with Crippen molar-refractivity contribution in [1.82, 2.24) is 14.9 Å². The molecule has 0 aliphatic heterocycles. The average Bonchev–Trinajstić information content (AvgIpc) is 3.46. The predicted octanol–water partition coefficient (Wildman–Crippen LogP) is 4.50. The molecule has 1 unspecified atom stereocenters. The molecule has 1 amide bonds. The maximum absolute atomic E-state index is 13.3. The molecule has 2 aromatic carbocycles. The number of aromatic nitrogens is 2. The standard InChI is InChI=1S/C21H15FN4O3S/c22-16-6-3-14(4-7-16)20(19-2-1-11-30-19)24-21(27)15-5-8-17(18(12-15)26(28)29)25-10-9-23-13-25/h1-13,20H,(H,24,27). The van der Waals surface area contributed by atoms with Gasteiger partial charge in [0.2, 0.25) is 0 Å². The summed E-state index contributed by atoms with van der Waals surface area (Å²) in [4.78, 5) is 28.7. The molecular weight excluding hydrogens is 407 g/mol. The number of nitrogens with one attached hydrogen (secondary N) is 1. The molecule has 150 valence electrons. The maximum atomic E-state index is 13.3. The summed E-state index contributed by atoms with van der Waals surface area (Å²) in [5.74, 6) is -0.848. The van der Waals surface area contributed by atoms with Crippen LogP contribution in [0.2, 0.25) is 0 Å². The van der Waals surface area contributed by atoms with Gasteiger partial charge in [0, 0.05) is 28.9 Å². The number of amides is 1. The Morgan fingerprint density at radius 3 is 2.63 bits per heavy atom. The highest BCUT2D eigenvalue weighted by molar-refractivity contribution is 7.10. The molecule has 0 bridgehead atoms. The Balaban J connectivity index is 1.67. The summed E-state index contributed by atoms with van der Waals surface area (Å²) in [5.41, 5.74) is 0.948. The minimum Gasteiger partial charge on any atom is -0.340 e. The van der Waals surface area contributed by atoms with Gasteiger partial charge >= 0.3 is 0 Å². The van der Waals surface area contributed by atoms with Crippen molar-refractivity contribution in [2.75, 3.05) is 0 Å². The van der Waals surface area contributed by atoms with E-state index in [1.165, 1.54) is 58.8 Å². The third kappa shape index (κ3) is 3.96. The highest BCUT2D eigenvalue weighted by atomic mass is 32.1. The van der Waals surface area contributed by atoms with Crippen molar-refractivity contribution in [3.63, 3.8) is 0 Å². The van der Waals surface area contributed by atoms with Crippen molar-refractivity contribution < 1.29 is 14.1 Å². The highest BCUT2D eigenvalue weighted by Crippen LogP contribution is 2.28. The van der Waals surface area contributed by atoms with Gasteiger partial charge in [-0.25, -0.2) is 9.37 Å². The molecule has 30 heavy (non-hydrogen) atoms. The summed E-state index contributed by atoms with van der Waals surface area (Å²) in [6, 6.07) is 13.3. The molecule has 7 nitrogen and oxygen atoms in total. The first kappa shape index (κ1) is 19.5. The van der Waals surface area contributed by atoms with E-state index in [2.05, 4.69) is 10.3 Å². The third-order valence-electron chi connectivity index (χ3n) is 4.52. The van der Waals surface area contributed by atoms with E-state index in [0.717, 1.165) is 4.88 Å². The fourth-order valence-electron chi connectivity index (χ4n) is 3.07. The molecule has 0 aliphatic carbocycles. The number of nitro groups is 1. The molecule has 4 rings (SSSR count). The van der Waals surface area contributed by atoms with Crippen LogP contribution in [0.4, 0.5) is 10.1 Å². The molecule has 0 radical (unpaired) electrons. The van der Waals surface area contributed by atoms with Crippen molar-refractivity contribution in [3.8, 4) is 5.69 Å². The second-order valence-corrected chi connectivity index (χ2v) is 7.38.